The van der Waals surface area contributed by atoms with Crippen LogP contribution < -0.4 is 4.74 Å². The smallest absolute Gasteiger partial charge is 0.314 e. The van der Waals surface area contributed by atoms with Crippen molar-refractivity contribution in [2.24, 2.45) is 5.92 Å². The van der Waals surface area contributed by atoms with Crippen LogP contribution in [0.25, 0.3) is 0 Å². The number of benzene rings is 2. The fourth-order valence-corrected chi connectivity index (χ4v) is 4.22. The lowest BCUT2D eigenvalue weighted by atomic mass is 9.90. The normalized spacial score (nSPS) is 22.1. The van der Waals surface area contributed by atoms with Crippen molar-refractivity contribution < 1.29 is 14.3 Å². The number of nitrogens with zero attached hydrogens (tertiary/aromatic N) is 1. The van der Waals surface area contributed by atoms with Gasteiger partial charge in [0.05, 0.1) is 13.0 Å². The van der Waals surface area contributed by atoms with E-state index in [-0.39, 0.29) is 30.4 Å². The van der Waals surface area contributed by atoms with Crippen molar-refractivity contribution in [3.05, 3.63) is 78.4 Å². The average Bonchev–Trinajstić information content (AvgIpc) is 2.76. The molecule has 3 rings (SSSR count). The Bertz CT molecular complexity index is 824. The van der Waals surface area contributed by atoms with Gasteiger partial charge in [-0.1, -0.05) is 55.5 Å². The molecule has 0 aromatic heterocycles. The van der Waals surface area contributed by atoms with E-state index < -0.39 is 0 Å². The Labute approximate surface area is 192 Å². The number of halogens is 1. The molecule has 1 aliphatic rings. The van der Waals surface area contributed by atoms with Crippen LogP contribution in [0.2, 0.25) is 0 Å². The van der Waals surface area contributed by atoms with E-state index in [9.17, 15) is 4.79 Å². The first-order valence-corrected chi connectivity index (χ1v) is 10.7. The largest absolute Gasteiger partial charge is 0.497 e. The van der Waals surface area contributed by atoms with E-state index in [2.05, 4.69) is 25.3 Å². The van der Waals surface area contributed by atoms with Gasteiger partial charge in [-0.25, -0.2) is 0 Å². The Morgan fingerprint density at radius 1 is 1.16 bits per heavy atom. The van der Waals surface area contributed by atoms with Crippen molar-refractivity contribution in [2.45, 2.75) is 44.8 Å². The lowest BCUT2D eigenvalue weighted by molar-refractivity contribution is -0.157. The van der Waals surface area contributed by atoms with Crippen LogP contribution >= 0.6 is 12.4 Å². The molecule has 0 bridgehead atoms. The molecule has 168 valence electrons. The molecule has 31 heavy (non-hydrogen) atoms. The molecule has 4 atom stereocenters. The molecule has 0 amide bonds. The van der Waals surface area contributed by atoms with E-state index in [1.165, 1.54) is 0 Å². The summed E-state index contributed by atoms with van der Waals surface area (Å²) in [5.41, 5.74) is 2.08. The fraction of sp³-hybridized carbons (Fsp3) is 0.423. The Morgan fingerprint density at radius 3 is 2.45 bits per heavy atom. The highest BCUT2D eigenvalue weighted by molar-refractivity contribution is 5.85. The van der Waals surface area contributed by atoms with Crippen molar-refractivity contribution in [1.82, 2.24) is 4.90 Å². The molecule has 0 N–H and O–H groups in total. The SMILES string of the molecule is C=CCN1CC(C)C(OC(=O)C(Cc2ccc(OC)cc2)c2ccccc2)CC1C.Cl. The van der Waals surface area contributed by atoms with Crippen LogP contribution in [0.4, 0.5) is 0 Å². The van der Waals surface area contributed by atoms with Crippen LogP contribution in [0.1, 0.15) is 37.3 Å². The second-order valence-corrected chi connectivity index (χ2v) is 8.30. The first-order valence-electron chi connectivity index (χ1n) is 10.7. The Kier molecular flexibility index (Phi) is 9.60. The third-order valence-corrected chi connectivity index (χ3v) is 6.07. The lowest BCUT2D eigenvalue weighted by Crippen LogP contribution is -2.49. The van der Waals surface area contributed by atoms with E-state index in [0.717, 1.165) is 36.4 Å². The molecule has 2 aromatic rings. The number of ether oxygens (including phenoxy) is 2. The molecular formula is C26H34ClNO3. The van der Waals surface area contributed by atoms with Gasteiger partial charge in [-0.15, -0.1) is 19.0 Å². The second kappa shape index (κ2) is 11.9. The predicted octanol–water partition coefficient (Wildman–Crippen LogP) is 5.27. The van der Waals surface area contributed by atoms with Crippen LogP contribution in [0.15, 0.2) is 67.3 Å². The summed E-state index contributed by atoms with van der Waals surface area (Å²) in [6.45, 7) is 10.0. The van der Waals surface area contributed by atoms with Gasteiger partial charge < -0.3 is 9.47 Å². The van der Waals surface area contributed by atoms with Crippen molar-refractivity contribution in [1.29, 1.82) is 0 Å². The summed E-state index contributed by atoms with van der Waals surface area (Å²) in [7, 11) is 1.65. The van der Waals surface area contributed by atoms with Crippen molar-refractivity contribution in [3.63, 3.8) is 0 Å². The highest BCUT2D eigenvalue weighted by Crippen LogP contribution is 2.29. The maximum atomic E-state index is 13.3. The number of carbonyl (C=O) groups excluding carboxylic acids is 1. The number of carbonyl (C=O) groups is 1. The highest BCUT2D eigenvalue weighted by atomic mass is 35.5. The van der Waals surface area contributed by atoms with Gasteiger partial charge in [-0.2, -0.15) is 0 Å². The van der Waals surface area contributed by atoms with Crippen LogP contribution in [0, 0.1) is 5.92 Å². The standard InChI is InChI=1S/C26H33NO3.ClH/c1-5-15-27-18-19(2)25(16-20(27)3)30-26(28)24(22-9-7-6-8-10-22)17-21-11-13-23(29-4)14-12-21;/h5-14,19-20,24-25H,1,15-18H2,2-4H3;1H. The van der Waals surface area contributed by atoms with Crippen molar-refractivity contribution in [3.8, 4) is 5.75 Å². The van der Waals surface area contributed by atoms with Gasteiger partial charge in [-0.3, -0.25) is 9.69 Å². The highest BCUT2D eigenvalue weighted by Gasteiger charge is 2.34. The van der Waals surface area contributed by atoms with E-state index in [4.69, 9.17) is 9.47 Å². The van der Waals surface area contributed by atoms with Gasteiger partial charge in [0.25, 0.3) is 0 Å². The minimum Gasteiger partial charge on any atom is -0.497 e. The van der Waals surface area contributed by atoms with Crippen LogP contribution in [-0.2, 0) is 16.0 Å². The Hall–Kier alpha value is -2.30. The van der Waals surface area contributed by atoms with Gasteiger partial charge in [0.1, 0.15) is 11.9 Å². The molecule has 2 aromatic carbocycles. The third kappa shape index (κ3) is 6.59. The summed E-state index contributed by atoms with van der Waals surface area (Å²) < 4.78 is 11.4. The first-order chi connectivity index (χ1) is 14.5. The van der Waals surface area contributed by atoms with Gasteiger partial charge in [0, 0.05) is 25.0 Å². The molecule has 0 saturated carbocycles. The first kappa shape index (κ1) is 25.0. The zero-order valence-electron chi connectivity index (χ0n) is 18.7. The minimum atomic E-state index is -0.326. The van der Waals surface area contributed by atoms with Crippen LogP contribution in [0.3, 0.4) is 0 Å². The maximum absolute atomic E-state index is 13.3. The van der Waals surface area contributed by atoms with Crippen LogP contribution in [0.5, 0.6) is 5.75 Å². The minimum absolute atomic E-state index is 0. The molecule has 0 radical (unpaired) electrons. The number of likely N-dealkylation sites (tertiary alicyclic amines) is 1. The van der Waals surface area contributed by atoms with Crippen molar-refractivity contribution in [2.75, 3.05) is 20.2 Å². The molecule has 5 heteroatoms. The monoisotopic (exact) mass is 443 g/mol. The summed E-state index contributed by atoms with van der Waals surface area (Å²) in [6, 6.07) is 18.2. The molecule has 1 saturated heterocycles. The van der Waals surface area contributed by atoms with Gasteiger partial charge in [0.2, 0.25) is 0 Å². The lowest BCUT2D eigenvalue weighted by Gasteiger charge is -2.41. The van der Waals surface area contributed by atoms with Crippen molar-refractivity contribution >= 4 is 18.4 Å². The summed E-state index contributed by atoms with van der Waals surface area (Å²) >= 11 is 0. The van der Waals surface area contributed by atoms with Crippen LogP contribution in [-0.4, -0.2) is 43.2 Å². The van der Waals surface area contributed by atoms with Gasteiger partial charge >= 0.3 is 5.97 Å². The zero-order chi connectivity index (χ0) is 21.5. The number of esters is 1. The molecule has 0 aliphatic carbocycles. The summed E-state index contributed by atoms with van der Waals surface area (Å²) in [6.07, 6.45) is 3.34. The molecule has 4 unspecified atom stereocenters. The summed E-state index contributed by atoms with van der Waals surface area (Å²) in [5.74, 6) is 0.640. The molecule has 1 heterocycles. The molecule has 1 aliphatic heterocycles. The zero-order valence-corrected chi connectivity index (χ0v) is 19.5. The molecule has 4 nitrogen and oxygen atoms in total. The topological polar surface area (TPSA) is 38.8 Å². The Morgan fingerprint density at radius 2 is 1.84 bits per heavy atom. The van der Waals surface area contributed by atoms with Gasteiger partial charge in [-0.05, 0) is 43.0 Å². The number of hydrogen-bond donors (Lipinski definition) is 0. The van der Waals surface area contributed by atoms with E-state index >= 15 is 0 Å². The van der Waals surface area contributed by atoms with E-state index in [1.807, 2.05) is 60.7 Å². The molecular weight excluding hydrogens is 410 g/mol. The third-order valence-electron chi connectivity index (χ3n) is 6.07. The quantitative estimate of drug-likeness (QED) is 0.411. The fourth-order valence-electron chi connectivity index (χ4n) is 4.22. The number of rotatable bonds is 8. The van der Waals surface area contributed by atoms with E-state index in [0.29, 0.717) is 18.4 Å². The number of piperidine rings is 1. The number of methoxy groups -OCH3 is 1. The average molecular weight is 444 g/mol. The summed E-state index contributed by atoms with van der Waals surface area (Å²) in [4.78, 5) is 15.7. The molecule has 0 spiro atoms. The Balaban J connectivity index is 0.00000341. The number of hydrogen-bond acceptors (Lipinski definition) is 4. The predicted molar refractivity (Wildman–Crippen MR) is 128 cm³/mol. The van der Waals surface area contributed by atoms with Gasteiger partial charge in [0.15, 0.2) is 0 Å². The maximum Gasteiger partial charge on any atom is 0.314 e. The van der Waals surface area contributed by atoms with E-state index in [1.54, 1.807) is 7.11 Å². The summed E-state index contributed by atoms with van der Waals surface area (Å²) in [5, 5.41) is 0. The second-order valence-electron chi connectivity index (χ2n) is 8.30. The molecule has 1 fully saturated rings.